The summed E-state index contributed by atoms with van der Waals surface area (Å²) >= 11 is 0. The van der Waals surface area contributed by atoms with Gasteiger partial charge in [0.25, 0.3) is 5.89 Å². The van der Waals surface area contributed by atoms with E-state index in [4.69, 9.17) is 18.7 Å². The van der Waals surface area contributed by atoms with E-state index in [2.05, 4.69) is 10.1 Å². The molecule has 7 heteroatoms. The first-order valence-corrected chi connectivity index (χ1v) is 9.20. The first-order chi connectivity index (χ1) is 14.7. The van der Waals surface area contributed by atoms with Crippen molar-refractivity contribution in [1.29, 1.82) is 0 Å². The third kappa shape index (κ3) is 4.10. The minimum Gasteiger partial charge on any atom is -0.497 e. The lowest BCUT2D eigenvalue weighted by atomic mass is 10.2. The molecule has 1 aromatic heterocycles. The standard InChI is InChI=1S/C23H19FN2O4/c1-27-18-10-7-15(8-11-18)23-25-22(26-30-23)16-9-12-20(21(13-16)28-2)29-14-17-5-3-4-6-19(17)24/h3-13H,14H2,1-2H3. The number of aromatic nitrogens is 2. The molecule has 0 atom stereocenters. The molecule has 4 rings (SSSR count). The summed E-state index contributed by atoms with van der Waals surface area (Å²) in [6.07, 6.45) is 0. The van der Waals surface area contributed by atoms with Crippen molar-refractivity contribution in [2.24, 2.45) is 0 Å². The number of hydrogen-bond acceptors (Lipinski definition) is 6. The Morgan fingerprint density at radius 1 is 0.867 bits per heavy atom. The SMILES string of the molecule is COc1ccc(-c2nc(-c3ccc(OCc4ccccc4F)c(OC)c3)no2)cc1. The molecule has 0 aliphatic carbocycles. The average Bonchev–Trinajstić information content (AvgIpc) is 3.29. The Balaban J connectivity index is 1.54. The number of rotatable bonds is 7. The number of halogens is 1. The molecule has 0 N–H and O–H groups in total. The van der Waals surface area contributed by atoms with Gasteiger partial charge in [-0.25, -0.2) is 4.39 Å². The van der Waals surface area contributed by atoms with Crippen LogP contribution in [0.5, 0.6) is 17.2 Å². The van der Waals surface area contributed by atoms with Gasteiger partial charge in [-0.05, 0) is 48.5 Å². The number of hydrogen-bond donors (Lipinski definition) is 0. The summed E-state index contributed by atoms with van der Waals surface area (Å²) in [6, 6.07) is 19.1. The Labute approximate surface area is 172 Å². The first-order valence-electron chi connectivity index (χ1n) is 9.20. The number of methoxy groups -OCH3 is 2. The molecule has 3 aromatic carbocycles. The van der Waals surface area contributed by atoms with Crippen LogP contribution in [0.1, 0.15) is 5.56 Å². The molecular formula is C23H19FN2O4. The molecule has 4 aromatic rings. The van der Waals surface area contributed by atoms with Gasteiger partial charge in [0.15, 0.2) is 11.5 Å². The summed E-state index contributed by atoms with van der Waals surface area (Å²) in [4.78, 5) is 4.45. The fourth-order valence-corrected chi connectivity index (χ4v) is 2.89. The van der Waals surface area contributed by atoms with E-state index in [9.17, 15) is 4.39 Å². The van der Waals surface area contributed by atoms with E-state index < -0.39 is 0 Å². The van der Waals surface area contributed by atoms with E-state index in [0.29, 0.717) is 34.3 Å². The molecule has 0 aliphatic rings. The Morgan fingerprint density at radius 3 is 2.37 bits per heavy atom. The summed E-state index contributed by atoms with van der Waals surface area (Å²) in [5.41, 5.74) is 1.95. The topological polar surface area (TPSA) is 66.6 Å². The second-order valence-corrected chi connectivity index (χ2v) is 6.40. The van der Waals surface area contributed by atoms with Gasteiger partial charge in [-0.15, -0.1) is 0 Å². The quantitative estimate of drug-likeness (QED) is 0.423. The molecule has 0 saturated carbocycles. The summed E-state index contributed by atoms with van der Waals surface area (Å²) < 4.78 is 35.5. The van der Waals surface area contributed by atoms with Crippen molar-refractivity contribution >= 4 is 0 Å². The smallest absolute Gasteiger partial charge is 0.258 e. The average molecular weight is 406 g/mol. The minimum absolute atomic E-state index is 0.0895. The molecule has 0 bridgehead atoms. The Hall–Kier alpha value is -3.87. The highest BCUT2D eigenvalue weighted by Gasteiger charge is 2.14. The molecule has 0 aliphatic heterocycles. The van der Waals surface area contributed by atoms with Crippen molar-refractivity contribution in [3.63, 3.8) is 0 Å². The van der Waals surface area contributed by atoms with E-state index >= 15 is 0 Å². The molecule has 0 unspecified atom stereocenters. The van der Waals surface area contributed by atoms with Crippen LogP contribution in [-0.2, 0) is 6.61 Å². The van der Waals surface area contributed by atoms with Gasteiger partial charge in [0.1, 0.15) is 18.2 Å². The van der Waals surface area contributed by atoms with E-state index in [1.165, 1.54) is 13.2 Å². The van der Waals surface area contributed by atoms with Crippen LogP contribution in [0.3, 0.4) is 0 Å². The van der Waals surface area contributed by atoms with Crippen LogP contribution in [0.2, 0.25) is 0 Å². The van der Waals surface area contributed by atoms with Crippen LogP contribution in [0, 0.1) is 5.82 Å². The highest BCUT2D eigenvalue weighted by molar-refractivity contribution is 5.63. The van der Waals surface area contributed by atoms with Gasteiger partial charge >= 0.3 is 0 Å². The maximum absolute atomic E-state index is 13.8. The predicted molar refractivity (Wildman–Crippen MR) is 109 cm³/mol. The molecule has 152 valence electrons. The molecule has 1 heterocycles. The fourth-order valence-electron chi connectivity index (χ4n) is 2.89. The van der Waals surface area contributed by atoms with Gasteiger partial charge < -0.3 is 18.7 Å². The van der Waals surface area contributed by atoms with Crippen LogP contribution in [0.25, 0.3) is 22.8 Å². The normalized spacial score (nSPS) is 10.6. The fraction of sp³-hybridized carbons (Fsp3) is 0.130. The number of nitrogens with zero attached hydrogens (tertiary/aromatic N) is 2. The van der Waals surface area contributed by atoms with E-state index in [0.717, 1.165) is 11.3 Å². The lowest BCUT2D eigenvalue weighted by Crippen LogP contribution is -2.00. The zero-order chi connectivity index (χ0) is 20.9. The second-order valence-electron chi connectivity index (χ2n) is 6.40. The molecule has 30 heavy (non-hydrogen) atoms. The predicted octanol–water partition coefficient (Wildman–Crippen LogP) is 5.14. The van der Waals surface area contributed by atoms with Crippen molar-refractivity contribution < 1.29 is 23.1 Å². The lowest BCUT2D eigenvalue weighted by Gasteiger charge is -2.11. The van der Waals surface area contributed by atoms with Gasteiger partial charge in [-0.2, -0.15) is 4.98 Å². The Kier molecular flexibility index (Phi) is 5.61. The lowest BCUT2D eigenvalue weighted by molar-refractivity contribution is 0.280. The molecule has 0 spiro atoms. The zero-order valence-electron chi connectivity index (χ0n) is 16.5. The molecule has 0 radical (unpaired) electrons. The molecular weight excluding hydrogens is 387 g/mol. The zero-order valence-corrected chi connectivity index (χ0v) is 16.5. The van der Waals surface area contributed by atoms with Crippen LogP contribution in [0.15, 0.2) is 71.3 Å². The van der Waals surface area contributed by atoms with E-state index in [1.54, 1.807) is 43.5 Å². The van der Waals surface area contributed by atoms with Gasteiger partial charge in [0, 0.05) is 16.7 Å². The van der Waals surface area contributed by atoms with Crippen molar-refractivity contribution in [3.8, 4) is 40.1 Å². The minimum atomic E-state index is -0.314. The molecule has 0 amide bonds. The molecule has 6 nitrogen and oxygen atoms in total. The van der Waals surface area contributed by atoms with Crippen LogP contribution < -0.4 is 14.2 Å². The molecule has 0 saturated heterocycles. The monoisotopic (exact) mass is 406 g/mol. The van der Waals surface area contributed by atoms with E-state index in [-0.39, 0.29) is 12.4 Å². The summed E-state index contributed by atoms with van der Waals surface area (Å²) in [6.45, 7) is 0.0895. The number of ether oxygens (including phenoxy) is 3. The first kappa shape index (κ1) is 19.4. The van der Waals surface area contributed by atoms with Crippen molar-refractivity contribution in [3.05, 3.63) is 78.1 Å². The third-order valence-electron chi connectivity index (χ3n) is 4.53. The Morgan fingerprint density at radius 2 is 1.63 bits per heavy atom. The maximum Gasteiger partial charge on any atom is 0.258 e. The maximum atomic E-state index is 13.8. The summed E-state index contributed by atoms with van der Waals surface area (Å²) in [7, 11) is 3.14. The van der Waals surface area contributed by atoms with Crippen LogP contribution in [-0.4, -0.2) is 24.4 Å². The number of benzene rings is 3. The highest BCUT2D eigenvalue weighted by atomic mass is 19.1. The third-order valence-corrected chi connectivity index (χ3v) is 4.53. The largest absolute Gasteiger partial charge is 0.497 e. The summed E-state index contributed by atoms with van der Waals surface area (Å²) in [5, 5.41) is 4.05. The Bertz CT molecular complexity index is 1140. The highest BCUT2D eigenvalue weighted by Crippen LogP contribution is 2.33. The summed E-state index contributed by atoms with van der Waals surface area (Å²) in [5.74, 6) is 2.22. The van der Waals surface area contributed by atoms with Gasteiger partial charge in [0.2, 0.25) is 5.82 Å². The van der Waals surface area contributed by atoms with Gasteiger partial charge in [0.05, 0.1) is 14.2 Å². The van der Waals surface area contributed by atoms with Gasteiger partial charge in [-0.1, -0.05) is 23.4 Å². The van der Waals surface area contributed by atoms with E-state index in [1.807, 2.05) is 24.3 Å². The van der Waals surface area contributed by atoms with Crippen LogP contribution >= 0.6 is 0 Å². The van der Waals surface area contributed by atoms with Crippen molar-refractivity contribution in [2.75, 3.05) is 14.2 Å². The van der Waals surface area contributed by atoms with Crippen molar-refractivity contribution in [2.45, 2.75) is 6.61 Å². The molecule has 0 fully saturated rings. The van der Waals surface area contributed by atoms with Gasteiger partial charge in [-0.3, -0.25) is 0 Å². The van der Waals surface area contributed by atoms with Crippen molar-refractivity contribution in [1.82, 2.24) is 10.1 Å². The second kappa shape index (κ2) is 8.65. The van der Waals surface area contributed by atoms with Crippen LogP contribution in [0.4, 0.5) is 4.39 Å².